The molecule has 0 bridgehead atoms. The maximum atomic E-state index is 12.3. The smallest absolute Gasteiger partial charge is 0.241 e. The first-order chi connectivity index (χ1) is 12.5. The van der Waals surface area contributed by atoms with E-state index >= 15 is 0 Å². The van der Waals surface area contributed by atoms with Crippen molar-refractivity contribution < 1.29 is 4.79 Å². The summed E-state index contributed by atoms with van der Waals surface area (Å²) in [4.78, 5) is 17.9. The number of carbonyl (C=O) groups excluding carboxylic acids is 1. The highest BCUT2D eigenvalue weighted by Crippen LogP contribution is 2.52. The Kier molecular flexibility index (Phi) is 2.94. The zero-order valence-corrected chi connectivity index (χ0v) is 14.9. The summed E-state index contributed by atoms with van der Waals surface area (Å²) in [5.74, 6) is 0.0659. The second-order valence-electron chi connectivity index (χ2n) is 7.67. The number of hydrogen-bond donors (Lipinski definition) is 2. The predicted molar refractivity (Wildman–Crippen MR) is 105 cm³/mol. The quantitative estimate of drug-likeness (QED) is 0.743. The van der Waals surface area contributed by atoms with E-state index in [0.29, 0.717) is 6.54 Å². The lowest BCUT2D eigenvalue weighted by Gasteiger charge is -2.40. The van der Waals surface area contributed by atoms with Gasteiger partial charge >= 0.3 is 0 Å². The van der Waals surface area contributed by atoms with E-state index in [0.717, 1.165) is 16.8 Å². The summed E-state index contributed by atoms with van der Waals surface area (Å²) in [6.07, 6.45) is 6.31. The van der Waals surface area contributed by atoms with Gasteiger partial charge in [0.05, 0.1) is 6.54 Å². The maximum absolute atomic E-state index is 12.3. The fraction of sp³-hybridized carbons (Fsp3) is 0.227. The number of carbonyl (C=O) groups is 1. The van der Waals surface area contributed by atoms with Crippen LogP contribution in [0.3, 0.4) is 0 Å². The molecular formula is C22H21N3O. The second kappa shape index (κ2) is 5.01. The molecule has 0 saturated carbocycles. The number of para-hydroxylation sites is 2. The molecule has 1 saturated heterocycles. The van der Waals surface area contributed by atoms with Crippen molar-refractivity contribution in [3.63, 3.8) is 0 Å². The van der Waals surface area contributed by atoms with E-state index in [1.54, 1.807) is 0 Å². The zero-order chi connectivity index (χ0) is 17.9. The highest BCUT2D eigenvalue weighted by molar-refractivity contribution is 5.93. The van der Waals surface area contributed by atoms with Crippen molar-refractivity contribution in [3.05, 3.63) is 71.9 Å². The molecule has 4 nitrogen and oxygen atoms in total. The SMILES string of the molecule is CC1(C)c2ccccc2N2CC(=O)NC21/C=C/c1c[nH]c2ccccc12. The molecule has 0 aliphatic carbocycles. The summed E-state index contributed by atoms with van der Waals surface area (Å²) in [5, 5.41) is 4.45. The summed E-state index contributed by atoms with van der Waals surface area (Å²) in [6, 6.07) is 16.6. The Hall–Kier alpha value is -3.01. The van der Waals surface area contributed by atoms with Gasteiger partial charge in [0.25, 0.3) is 0 Å². The summed E-state index contributed by atoms with van der Waals surface area (Å²) < 4.78 is 0. The molecule has 2 aliphatic rings. The van der Waals surface area contributed by atoms with E-state index in [-0.39, 0.29) is 11.3 Å². The number of aromatic nitrogens is 1. The number of hydrogen-bond acceptors (Lipinski definition) is 2. The molecule has 1 aromatic heterocycles. The lowest BCUT2D eigenvalue weighted by atomic mass is 9.75. The van der Waals surface area contributed by atoms with Gasteiger partial charge in [-0.15, -0.1) is 0 Å². The molecule has 1 unspecified atom stereocenters. The molecule has 3 aromatic rings. The third-order valence-electron chi connectivity index (χ3n) is 6.00. The van der Waals surface area contributed by atoms with Gasteiger partial charge < -0.3 is 15.2 Å². The van der Waals surface area contributed by atoms with Crippen LogP contribution in [0.4, 0.5) is 5.69 Å². The molecule has 4 heteroatoms. The number of nitrogens with one attached hydrogen (secondary N) is 2. The fourth-order valence-electron chi connectivity index (χ4n) is 4.58. The van der Waals surface area contributed by atoms with Gasteiger partial charge in [-0.25, -0.2) is 0 Å². The highest BCUT2D eigenvalue weighted by atomic mass is 16.2. The molecule has 1 fully saturated rings. The molecule has 0 spiro atoms. The Morgan fingerprint density at radius 2 is 1.85 bits per heavy atom. The van der Waals surface area contributed by atoms with Gasteiger partial charge in [-0.1, -0.05) is 56.3 Å². The molecule has 5 rings (SSSR count). The number of rotatable bonds is 2. The van der Waals surface area contributed by atoms with Crippen LogP contribution < -0.4 is 10.2 Å². The molecule has 2 aliphatic heterocycles. The van der Waals surface area contributed by atoms with Crippen LogP contribution in [-0.4, -0.2) is 23.1 Å². The average molecular weight is 343 g/mol. The zero-order valence-electron chi connectivity index (χ0n) is 14.9. The number of amides is 1. The van der Waals surface area contributed by atoms with Crippen LogP contribution in [0.2, 0.25) is 0 Å². The molecule has 2 aromatic carbocycles. The van der Waals surface area contributed by atoms with Gasteiger partial charge in [-0.3, -0.25) is 4.79 Å². The van der Waals surface area contributed by atoms with Gasteiger partial charge in [0.15, 0.2) is 0 Å². The van der Waals surface area contributed by atoms with E-state index in [1.165, 1.54) is 10.9 Å². The summed E-state index contributed by atoms with van der Waals surface area (Å²) in [5.41, 5.74) is 3.86. The topological polar surface area (TPSA) is 48.1 Å². The van der Waals surface area contributed by atoms with Crippen LogP contribution in [0.25, 0.3) is 17.0 Å². The normalized spacial score (nSPS) is 23.5. The van der Waals surface area contributed by atoms with Crippen LogP contribution in [0.15, 0.2) is 60.8 Å². The lowest BCUT2D eigenvalue weighted by molar-refractivity contribution is -0.118. The van der Waals surface area contributed by atoms with Gasteiger partial charge in [0, 0.05) is 28.2 Å². The standard InChI is InChI=1S/C22H21N3O/c1-21(2)17-8-4-6-10-19(17)25-14-20(26)24-22(21,25)12-11-15-13-23-18-9-5-3-7-16(15)18/h3-13,23H,14H2,1-2H3,(H,24,26)/b12-11+. The van der Waals surface area contributed by atoms with E-state index in [1.807, 2.05) is 24.4 Å². The van der Waals surface area contributed by atoms with Gasteiger partial charge in [0.1, 0.15) is 5.66 Å². The third-order valence-corrected chi connectivity index (χ3v) is 6.00. The van der Waals surface area contributed by atoms with E-state index in [2.05, 4.69) is 71.5 Å². The van der Waals surface area contributed by atoms with Crippen LogP contribution in [0.5, 0.6) is 0 Å². The van der Waals surface area contributed by atoms with Crippen molar-refractivity contribution in [1.82, 2.24) is 10.3 Å². The first-order valence-electron chi connectivity index (χ1n) is 8.96. The lowest BCUT2D eigenvalue weighted by Crippen LogP contribution is -2.58. The minimum atomic E-state index is -0.549. The minimum absolute atomic E-state index is 0.0659. The number of H-pyrrole nitrogens is 1. The summed E-state index contributed by atoms with van der Waals surface area (Å²) >= 11 is 0. The Balaban J connectivity index is 1.66. The second-order valence-corrected chi connectivity index (χ2v) is 7.67. The molecule has 1 amide bonds. The number of nitrogens with zero attached hydrogens (tertiary/aromatic N) is 1. The third kappa shape index (κ3) is 1.81. The van der Waals surface area contributed by atoms with Crippen LogP contribution in [0, 0.1) is 0 Å². The van der Waals surface area contributed by atoms with Crippen LogP contribution in [0.1, 0.15) is 25.0 Å². The molecule has 0 radical (unpaired) electrons. The first kappa shape index (κ1) is 15.3. The van der Waals surface area contributed by atoms with E-state index < -0.39 is 5.66 Å². The minimum Gasteiger partial charge on any atom is -0.361 e. The van der Waals surface area contributed by atoms with Crippen molar-refractivity contribution in [3.8, 4) is 0 Å². The molecule has 3 heterocycles. The average Bonchev–Trinajstić information content (AvgIpc) is 3.25. The molecule has 26 heavy (non-hydrogen) atoms. The Bertz CT molecular complexity index is 1060. The van der Waals surface area contributed by atoms with Crippen LogP contribution >= 0.6 is 0 Å². The largest absolute Gasteiger partial charge is 0.361 e. The summed E-state index contributed by atoms with van der Waals surface area (Å²) in [6.45, 7) is 4.80. The Morgan fingerprint density at radius 1 is 1.08 bits per heavy atom. The molecule has 2 N–H and O–H groups in total. The van der Waals surface area contributed by atoms with Crippen molar-refractivity contribution in [2.45, 2.75) is 24.9 Å². The van der Waals surface area contributed by atoms with E-state index in [9.17, 15) is 4.79 Å². The maximum Gasteiger partial charge on any atom is 0.241 e. The van der Waals surface area contributed by atoms with E-state index in [4.69, 9.17) is 0 Å². The number of aromatic amines is 1. The highest BCUT2D eigenvalue weighted by Gasteiger charge is 2.59. The molecule has 130 valence electrons. The predicted octanol–water partition coefficient (Wildman–Crippen LogP) is 3.81. The Labute approximate surface area is 152 Å². The first-order valence-corrected chi connectivity index (χ1v) is 8.96. The monoisotopic (exact) mass is 343 g/mol. The van der Waals surface area contributed by atoms with Gasteiger partial charge in [-0.2, -0.15) is 0 Å². The van der Waals surface area contributed by atoms with Crippen molar-refractivity contribution in [2.75, 3.05) is 11.4 Å². The molecule has 1 atom stereocenters. The summed E-state index contributed by atoms with van der Waals surface area (Å²) in [7, 11) is 0. The van der Waals surface area contributed by atoms with Crippen LogP contribution in [-0.2, 0) is 10.2 Å². The Morgan fingerprint density at radius 3 is 2.73 bits per heavy atom. The number of fused-ring (bicyclic) bond motifs is 4. The van der Waals surface area contributed by atoms with Crippen molar-refractivity contribution in [1.29, 1.82) is 0 Å². The van der Waals surface area contributed by atoms with Crippen molar-refractivity contribution >= 4 is 28.6 Å². The molecular weight excluding hydrogens is 322 g/mol. The number of anilines is 1. The van der Waals surface area contributed by atoms with Gasteiger partial charge in [-0.05, 0) is 29.3 Å². The van der Waals surface area contributed by atoms with Crippen molar-refractivity contribution in [2.24, 2.45) is 0 Å². The number of benzene rings is 2. The fourth-order valence-corrected chi connectivity index (χ4v) is 4.58. The van der Waals surface area contributed by atoms with Gasteiger partial charge in [0.2, 0.25) is 5.91 Å².